The van der Waals surface area contributed by atoms with Crippen molar-refractivity contribution in [2.75, 3.05) is 0 Å². The first kappa shape index (κ1) is 29.2. The van der Waals surface area contributed by atoms with Gasteiger partial charge in [-0.15, -0.1) is 22.9 Å². The van der Waals surface area contributed by atoms with Gasteiger partial charge in [0.25, 0.3) is 0 Å². The molecule has 0 aliphatic heterocycles. The average Bonchev–Trinajstić information content (AvgIpc) is 1.63. The molecule has 8 N–H and O–H groups in total. The molecule has 1 rings (SSSR count). The van der Waals surface area contributed by atoms with E-state index in [0.717, 1.165) is 0 Å². The summed E-state index contributed by atoms with van der Waals surface area (Å²) in [6, 6.07) is 0. The zero-order valence-electron chi connectivity index (χ0n) is 9.41. The van der Waals surface area contributed by atoms with Crippen molar-refractivity contribution in [1.82, 2.24) is 12.3 Å². The first-order valence-electron chi connectivity index (χ1n) is 3.08. The van der Waals surface area contributed by atoms with Crippen molar-refractivity contribution in [3.8, 4) is 0 Å². The molecule has 1 fully saturated rings. The third-order valence-electron chi connectivity index (χ3n) is 1.000. The fraction of sp³-hybridized carbons (Fsp3) is 0.667. The Balaban J connectivity index is -0.0000000157. The zero-order valence-corrected chi connectivity index (χ0v) is 11.3. The summed E-state index contributed by atoms with van der Waals surface area (Å²) in [5, 5.41) is 0. The van der Waals surface area contributed by atoms with Crippen LogP contribution in [0.1, 0.15) is 27.1 Å². The largest absolute Gasteiger partial charge is 1.00 e. The smallest absolute Gasteiger partial charge is 1.00 e. The van der Waals surface area contributed by atoms with Crippen LogP contribution in [0, 0.1) is 0 Å². The van der Waals surface area contributed by atoms with Gasteiger partial charge >= 0.3 is 37.8 Å². The predicted octanol–water partition coefficient (Wildman–Crippen LogP) is -0.568. The van der Waals surface area contributed by atoms with Crippen LogP contribution in [0.5, 0.6) is 0 Å². The van der Waals surface area contributed by atoms with E-state index in [2.05, 4.69) is 13.2 Å². The van der Waals surface area contributed by atoms with Crippen molar-refractivity contribution in [2.24, 2.45) is 0 Å². The fourth-order valence-electron chi connectivity index (χ4n) is 0.250. The Morgan fingerprint density at radius 2 is 1.08 bits per heavy atom. The van der Waals surface area contributed by atoms with E-state index in [4.69, 9.17) is 14.4 Å². The molecule has 0 saturated heterocycles. The minimum absolute atomic E-state index is 0. The van der Waals surface area contributed by atoms with Crippen molar-refractivity contribution in [3.05, 3.63) is 13.2 Å². The van der Waals surface area contributed by atoms with Gasteiger partial charge in [0, 0.05) is 4.57 Å². The maximum absolute atomic E-state index is 8.70. The summed E-state index contributed by atoms with van der Waals surface area (Å²) in [5.41, 5.74) is 0. The first-order chi connectivity index (χ1) is 4.73. The average molecular weight is 223 g/mol. The van der Waals surface area contributed by atoms with Crippen molar-refractivity contribution >= 4 is 8.25 Å². The molecule has 0 aromatic rings. The Kier molecular flexibility index (Phi) is 65.9. The molecule has 13 heavy (non-hydrogen) atoms. The van der Waals surface area contributed by atoms with Gasteiger partial charge in [-0.2, -0.15) is 0 Å². The second-order valence-electron chi connectivity index (χ2n) is 1.67. The van der Waals surface area contributed by atoms with Gasteiger partial charge in [0.15, 0.2) is 0 Å². The summed E-state index contributed by atoms with van der Waals surface area (Å²) in [6.07, 6.45) is 6.00. The van der Waals surface area contributed by atoms with Crippen LogP contribution in [0.4, 0.5) is 0 Å². The van der Waals surface area contributed by atoms with Crippen LogP contribution in [0.3, 0.4) is 0 Å². The quantitative estimate of drug-likeness (QED) is 0.248. The maximum Gasteiger partial charge on any atom is 1.00 e. The molecule has 0 unspecified atom stereocenters. The van der Waals surface area contributed by atoms with Gasteiger partial charge in [0.1, 0.15) is 0 Å². The predicted molar refractivity (Wildman–Crippen MR) is 52.9 cm³/mol. The molecule has 5 nitrogen and oxygen atoms in total. The van der Waals surface area contributed by atoms with Crippen LogP contribution in [-0.4, -0.2) is 9.79 Å². The molecule has 0 spiro atoms. The summed E-state index contributed by atoms with van der Waals surface area (Å²) in [7, 11) is -2.87. The molecule has 0 amide bonds. The minimum Gasteiger partial charge on any atom is -1.00 e. The fourth-order valence-corrected chi connectivity index (χ4v) is 0.250. The van der Waals surface area contributed by atoms with Crippen molar-refractivity contribution in [3.63, 3.8) is 0 Å². The third kappa shape index (κ3) is 66.0. The van der Waals surface area contributed by atoms with Gasteiger partial charge < -0.3 is 13.7 Å². The summed E-state index contributed by atoms with van der Waals surface area (Å²) in [5.74, 6) is 0. The zero-order chi connectivity index (χ0) is 8.41. The summed E-state index contributed by atoms with van der Waals surface area (Å²) < 4.78 is 8.70. The van der Waals surface area contributed by atoms with E-state index >= 15 is 0 Å². The van der Waals surface area contributed by atoms with Crippen molar-refractivity contribution in [2.45, 2.75) is 25.7 Å². The minimum atomic E-state index is -2.87. The van der Waals surface area contributed by atoms with Gasteiger partial charge in [-0.05, 0) is 0 Å². The number of hydrogen-bond acceptors (Lipinski definition) is 3. The SMILES string of the molecule is C1CCC1.C=C.N.N.O=[P+](O)O.[H-].[Na+]. The van der Waals surface area contributed by atoms with Crippen molar-refractivity contribution < 1.29 is 45.3 Å². The van der Waals surface area contributed by atoms with Crippen LogP contribution in [0.25, 0.3) is 0 Å². The maximum atomic E-state index is 8.70. The molecule has 7 heteroatoms. The number of hydrogen-bond donors (Lipinski definition) is 4. The van der Waals surface area contributed by atoms with E-state index in [-0.39, 0.29) is 43.3 Å². The Morgan fingerprint density at radius 1 is 1.00 bits per heavy atom. The summed E-state index contributed by atoms with van der Waals surface area (Å²) in [4.78, 5) is 14.2. The molecule has 0 aromatic carbocycles. The van der Waals surface area contributed by atoms with Gasteiger partial charge in [-0.25, -0.2) is 0 Å². The molecular weight excluding hydrogens is 202 g/mol. The molecule has 1 aliphatic rings. The molecule has 0 heterocycles. The molecule has 0 atom stereocenters. The Labute approximate surface area is 105 Å². The van der Waals surface area contributed by atoms with E-state index in [0.29, 0.717) is 0 Å². The molecule has 0 bridgehead atoms. The van der Waals surface area contributed by atoms with Crippen LogP contribution < -0.4 is 41.9 Å². The van der Waals surface area contributed by atoms with E-state index in [1.54, 1.807) is 0 Å². The van der Waals surface area contributed by atoms with Crippen LogP contribution in [0.15, 0.2) is 13.2 Å². The second kappa shape index (κ2) is 29.3. The number of rotatable bonds is 0. The summed E-state index contributed by atoms with van der Waals surface area (Å²) in [6.45, 7) is 6.00. The van der Waals surface area contributed by atoms with Crippen LogP contribution in [0.2, 0.25) is 0 Å². The normalized spacial score (nSPS) is 9.69. The van der Waals surface area contributed by atoms with Gasteiger partial charge in [-0.3, -0.25) is 0 Å². The Morgan fingerprint density at radius 3 is 1.08 bits per heavy atom. The van der Waals surface area contributed by atoms with Crippen molar-refractivity contribution in [1.29, 1.82) is 0 Å². The summed E-state index contributed by atoms with van der Waals surface area (Å²) >= 11 is 0. The molecule has 1 aliphatic carbocycles. The van der Waals surface area contributed by atoms with Gasteiger partial charge in [-0.1, -0.05) is 25.7 Å². The standard InChI is InChI=1S/C4H8.C2H4.2H3N.Na.HO3P.H/c1-2-4-3-1;1-2;;;;1-4(2)3;/h1-4H2;1-2H2;2*1H3;;(H-,1,2,3);/q;;;;+1;;-1/p+1. The molecule has 78 valence electrons. The van der Waals surface area contributed by atoms with Crippen LogP contribution in [-0.2, 0) is 4.57 Å². The first-order valence-corrected chi connectivity index (χ1v) is 4.25. The van der Waals surface area contributed by atoms with E-state index in [1.165, 1.54) is 25.7 Å². The van der Waals surface area contributed by atoms with Gasteiger partial charge in [0.05, 0.1) is 0 Å². The van der Waals surface area contributed by atoms with Gasteiger partial charge in [0.2, 0.25) is 0 Å². The monoisotopic (exact) mass is 223 g/mol. The van der Waals surface area contributed by atoms with E-state index in [9.17, 15) is 0 Å². The molecule has 1 saturated carbocycles. The molecular formula is C6H21N2NaO3P+. The Hall–Kier alpha value is 0.680. The van der Waals surface area contributed by atoms with E-state index < -0.39 is 8.25 Å². The van der Waals surface area contributed by atoms with E-state index in [1.807, 2.05) is 0 Å². The van der Waals surface area contributed by atoms with Crippen LogP contribution >= 0.6 is 8.25 Å². The third-order valence-corrected chi connectivity index (χ3v) is 1.000. The molecule has 0 aromatic heterocycles. The Bertz CT molecular complexity index is 91.1. The topological polar surface area (TPSA) is 128 Å². The molecule has 0 radical (unpaired) electrons. The second-order valence-corrected chi connectivity index (χ2v) is 2.17.